The maximum Gasteiger partial charge on any atom is 0.164 e. The van der Waals surface area contributed by atoms with Gasteiger partial charge in [0.25, 0.3) is 0 Å². The fourth-order valence-corrected chi connectivity index (χ4v) is 2.22. The van der Waals surface area contributed by atoms with Gasteiger partial charge in [-0.2, -0.15) is 0 Å². The third-order valence-corrected chi connectivity index (χ3v) is 3.43. The van der Waals surface area contributed by atoms with Gasteiger partial charge in [-0.05, 0) is 32.4 Å². The Labute approximate surface area is 114 Å². The van der Waals surface area contributed by atoms with E-state index in [1.807, 2.05) is 0 Å². The Kier molecular flexibility index (Phi) is 5.54. The lowest BCUT2D eigenvalue weighted by atomic mass is 10.1. The van der Waals surface area contributed by atoms with Gasteiger partial charge in [0.05, 0.1) is 18.0 Å². The number of halogens is 1. The van der Waals surface area contributed by atoms with Crippen molar-refractivity contribution in [3.8, 4) is 0 Å². The molecule has 4 nitrogen and oxygen atoms in total. The van der Waals surface area contributed by atoms with Gasteiger partial charge in [-0.3, -0.25) is 4.98 Å². The van der Waals surface area contributed by atoms with E-state index >= 15 is 0 Å². The zero-order valence-electron chi connectivity index (χ0n) is 11.4. The van der Waals surface area contributed by atoms with Gasteiger partial charge < -0.3 is 15.0 Å². The second kappa shape index (κ2) is 7.40. The number of ether oxygens (including phenoxy) is 1. The molecule has 0 unspecified atom stereocenters. The molecule has 0 radical (unpaired) electrons. The van der Waals surface area contributed by atoms with Crippen LogP contribution in [0.5, 0.6) is 0 Å². The minimum absolute atomic E-state index is 0.307. The highest BCUT2D eigenvalue weighted by Crippen LogP contribution is 2.13. The predicted octanol–water partition coefficient (Wildman–Crippen LogP) is 2.13. The van der Waals surface area contributed by atoms with Crippen molar-refractivity contribution in [2.75, 3.05) is 38.6 Å². The monoisotopic (exact) mass is 267 g/mol. The third-order valence-electron chi connectivity index (χ3n) is 3.43. The molecule has 2 rings (SSSR count). The molecule has 0 aliphatic carbocycles. The van der Waals surface area contributed by atoms with Crippen LogP contribution < -0.4 is 5.32 Å². The van der Waals surface area contributed by atoms with Crippen molar-refractivity contribution < 1.29 is 9.13 Å². The van der Waals surface area contributed by atoms with Crippen molar-refractivity contribution in [1.82, 2.24) is 9.88 Å². The Balaban J connectivity index is 1.56. The molecule has 1 aromatic heterocycles. The number of likely N-dealkylation sites (tertiary alicyclic amines) is 1. The van der Waals surface area contributed by atoms with Crippen LogP contribution in [0.15, 0.2) is 18.5 Å². The number of anilines is 1. The first-order chi connectivity index (χ1) is 9.25. The first kappa shape index (κ1) is 14.2. The van der Waals surface area contributed by atoms with Crippen LogP contribution in [0, 0.1) is 5.82 Å². The number of nitrogens with zero attached hydrogens (tertiary/aromatic N) is 2. The molecule has 0 spiro atoms. The third kappa shape index (κ3) is 4.76. The molecule has 1 aromatic rings. The minimum Gasteiger partial charge on any atom is -0.383 e. The SMILES string of the molecule is CN1CCC(OCCCNc2ccncc2F)CC1. The number of piperidine rings is 1. The number of hydrogen-bond acceptors (Lipinski definition) is 4. The number of hydrogen-bond donors (Lipinski definition) is 1. The molecule has 1 fully saturated rings. The quantitative estimate of drug-likeness (QED) is 0.801. The van der Waals surface area contributed by atoms with E-state index in [4.69, 9.17) is 4.74 Å². The first-order valence-electron chi connectivity index (χ1n) is 6.89. The zero-order valence-corrected chi connectivity index (χ0v) is 11.4. The van der Waals surface area contributed by atoms with E-state index in [1.54, 1.807) is 12.3 Å². The summed E-state index contributed by atoms with van der Waals surface area (Å²) in [7, 11) is 2.14. The summed E-state index contributed by atoms with van der Waals surface area (Å²) in [4.78, 5) is 6.04. The van der Waals surface area contributed by atoms with Crippen LogP contribution in [-0.2, 0) is 4.74 Å². The van der Waals surface area contributed by atoms with Gasteiger partial charge in [0.1, 0.15) is 0 Å². The summed E-state index contributed by atoms with van der Waals surface area (Å²) in [5, 5.41) is 3.05. The van der Waals surface area contributed by atoms with Crippen LogP contribution in [-0.4, -0.2) is 49.3 Å². The molecule has 1 saturated heterocycles. The summed E-state index contributed by atoms with van der Waals surface area (Å²) in [6.45, 7) is 3.68. The van der Waals surface area contributed by atoms with Crippen molar-refractivity contribution >= 4 is 5.69 Å². The normalized spacial score (nSPS) is 17.6. The van der Waals surface area contributed by atoms with E-state index in [-0.39, 0.29) is 5.82 Å². The molecular formula is C14H22FN3O. The van der Waals surface area contributed by atoms with Crippen molar-refractivity contribution in [1.29, 1.82) is 0 Å². The fourth-order valence-electron chi connectivity index (χ4n) is 2.22. The van der Waals surface area contributed by atoms with Crippen LogP contribution in [0.25, 0.3) is 0 Å². The van der Waals surface area contributed by atoms with Crippen LogP contribution >= 0.6 is 0 Å². The lowest BCUT2D eigenvalue weighted by molar-refractivity contribution is 0.0125. The predicted molar refractivity (Wildman–Crippen MR) is 73.8 cm³/mol. The zero-order chi connectivity index (χ0) is 13.5. The van der Waals surface area contributed by atoms with Crippen LogP contribution in [0.2, 0.25) is 0 Å². The van der Waals surface area contributed by atoms with E-state index in [1.165, 1.54) is 6.20 Å². The van der Waals surface area contributed by atoms with Crippen molar-refractivity contribution in [2.24, 2.45) is 0 Å². The van der Waals surface area contributed by atoms with Crippen molar-refractivity contribution in [3.05, 3.63) is 24.3 Å². The van der Waals surface area contributed by atoms with E-state index in [0.717, 1.165) is 39.0 Å². The highest BCUT2D eigenvalue weighted by atomic mass is 19.1. The maximum atomic E-state index is 13.3. The summed E-state index contributed by atoms with van der Waals surface area (Å²) >= 11 is 0. The summed E-state index contributed by atoms with van der Waals surface area (Å²) in [5.74, 6) is -0.307. The molecule has 0 aromatic carbocycles. The second-order valence-electron chi connectivity index (χ2n) is 5.01. The highest BCUT2D eigenvalue weighted by molar-refractivity contribution is 5.42. The second-order valence-corrected chi connectivity index (χ2v) is 5.01. The van der Waals surface area contributed by atoms with E-state index in [9.17, 15) is 4.39 Å². The first-order valence-corrected chi connectivity index (χ1v) is 6.89. The van der Waals surface area contributed by atoms with Gasteiger partial charge in [0.15, 0.2) is 5.82 Å². The Morgan fingerprint density at radius 3 is 3.00 bits per heavy atom. The van der Waals surface area contributed by atoms with Crippen molar-refractivity contribution in [3.63, 3.8) is 0 Å². The molecule has 106 valence electrons. The molecule has 1 aliphatic heterocycles. The van der Waals surface area contributed by atoms with Gasteiger partial charge in [-0.1, -0.05) is 0 Å². The van der Waals surface area contributed by atoms with E-state index in [0.29, 0.717) is 18.3 Å². The average Bonchev–Trinajstić information content (AvgIpc) is 2.42. The maximum absolute atomic E-state index is 13.3. The standard InChI is InChI=1S/C14H22FN3O/c1-18-8-4-12(5-9-18)19-10-2-6-17-14-3-7-16-11-13(14)15/h3,7,11-12H,2,4-6,8-10H2,1H3,(H,16,17). The summed E-state index contributed by atoms with van der Waals surface area (Å²) in [6, 6.07) is 1.65. The molecule has 0 bridgehead atoms. The van der Waals surface area contributed by atoms with Gasteiger partial charge in [-0.25, -0.2) is 4.39 Å². The number of aromatic nitrogens is 1. The molecule has 2 heterocycles. The molecule has 5 heteroatoms. The Morgan fingerprint density at radius 1 is 1.47 bits per heavy atom. The largest absolute Gasteiger partial charge is 0.383 e. The molecule has 19 heavy (non-hydrogen) atoms. The molecule has 1 aliphatic rings. The van der Waals surface area contributed by atoms with Crippen LogP contribution in [0.4, 0.5) is 10.1 Å². The van der Waals surface area contributed by atoms with Gasteiger partial charge in [0.2, 0.25) is 0 Å². The van der Waals surface area contributed by atoms with Gasteiger partial charge >= 0.3 is 0 Å². The molecule has 1 N–H and O–H groups in total. The van der Waals surface area contributed by atoms with Gasteiger partial charge in [0, 0.05) is 32.4 Å². The Morgan fingerprint density at radius 2 is 2.26 bits per heavy atom. The lowest BCUT2D eigenvalue weighted by Crippen LogP contribution is -2.34. The van der Waals surface area contributed by atoms with E-state index < -0.39 is 0 Å². The molecular weight excluding hydrogens is 245 g/mol. The summed E-state index contributed by atoms with van der Waals surface area (Å²) in [5.41, 5.74) is 0.509. The topological polar surface area (TPSA) is 37.4 Å². The number of rotatable bonds is 6. The smallest absolute Gasteiger partial charge is 0.164 e. The molecule has 0 saturated carbocycles. The highest BCUT2D eigenvalue weighted by Gasteiger charge is 2.16. The van der Waals surface area contributed by atoms with E-state index in [2.05, 4.69) is 22.2 Å². The lowest BCUT2D eigenvalue weighted by Gasteiger charge is -2.28. The van der Waals surface area contributed by atoms with Crippen LogP contribution in [0.1, 0.15) is 19.3 Å². The van der Waals surface area contributed by atoms with Crippen molar-refractivity contribution in [2.45, 2.75) is 25.4 Å². The van der Waals surface area contributed by atoms with Crippen LogP contribution in [0.3, 0.4) is 0 Å². The summed E-state index contributed by atoms with van der Waals surface area (Å²) in [6.07, 6.45) is 6.31. The number of nitrogens with one attached hydrogen (secondary N) is 1. The number of pyridine rings is 1. The van der Waals surface area contributed by atoms with Gasteiger partial charge in [-0.15, -0.1) is 0 Å². The average molecular weight is 267 g/mol. The molecule has 0 atom stereocenters. The Hall–Kier alpha value is -1.20. The molecule has 0 amide bonds. The summed E-state index contributed by atoms with van der Waals surface area (Å²) < 4.78 is 19.1. The minimum atomic E-state index is -0.307. The Bertz CT molecular complexity index is 381. The fraction of sp³-hybridized carbons (Fsp3) is 0.643.